The largest absolute Gasteiger partial charge is 0.489 e. The predicted octanol–water partition coefficient (Wildman–Crippen LogP) is 3.06. The van der Waals surface area contributed by atoms with Gasteiger partial charge in [0.25, 0.3) is 0 Å². The van der Waals surface area contributed by atoms with Crippen molar-refractivity contribution in [2.24, 2.45) is 0 Å². The van der Waals surface area contributed by atoms with Gasteiger partial charge in [0.05, 0.1) is 18.7 Å². The highest BCUT2D eigenvalue weighted by Gasteiger charge is 2.08. The Labute approximate surface area is 119 Å². The quantitative estimate of drug-likeness (QED) is 0.611. The molecule has 0 saturated carbocycles. The number of rotatable bonds is 5. The van der Waals surface area contributed by atoms with Crippen molar-refractivity contribution in [3.63, 3.8) is 0 Å². The van der Waals surface area contributed by atoms with Crippen molar-refractivity contribution in [2.45, 2.75) is 27.2 Å². The van der Waals surface area contributed by atoms with Crippen molar-refractivity contribution in [1.82, 2.24) is 0 Å². The fourth-order valence-electron chi connectivity index (χ4n) is 1.97. The number of carbonyl (C=O) groups is 1. The molecule has 0 bridgehead atoms. The molecule has 0 heterocycles. The van der Waals surface area contributed by atoms with E-state index in [1.54, 1.807) is 18.2 Å². The number of hydrogen-bond donors (Lipinski definition) is 0. The first kappa shape index (κ1) is 15.8. The van der Waals surface area contributed by atoms with E-state index in [-0.39, 0.29) is 5.97 Å². The third-order valence-corrected chi connectivity index (χ3v) is 2.98. The molecule has 1 rings (SSSR count). The average molecular weight is 273 g/mol. The number of ether oxygens (including phenoxy) is 2. The number of carbonyl (C=O) groups excluding carboxylic acids is 1. The summed E-state index contributed by atoms with van der Waals surface area (Å²) < 4.78 is 10.4. The van der Waals surface area contributed by atoms with Crippen molar-refractivity contribution in [1.29, 1.82) is 5.26 Å². The summed E-state index contributed by atoms with van der Waals surface area (Å²) in [5.41, 5.74) is 3.03. The first-order chi connectivity index (χ1) is 9.53. The summed E-state index contributed by atoms with van der Waals surface area (Å²) in [5, 5.41) is 8.89. The van der Waals surface area contributed by atoms with Gasteiger partial charge in [0, 0.05) is 5.57 Å². The van der Waals surface area contributed by atoms with Crippen molar-refractivity contribution < 1.29 is 14.3 Å². The zero-order valence-corrected chi connectivity index (χ0v) is 12.3. The van der Waals surface area contributed by atoms with E-state index in [1.807, 2.05) is 20.8 Å². The standard InChI is InChI=1S/C16H19NO3/c1-5-14(16(18)19-4)6-7-20-15-11(2)8-13(10-17)9-12(15)3/h6,8-9H,5,7H2,1-4H3. The van der Waals surface area contributed by atoms with Gasteiger partial charge in [0.1, 0.15) is 12.4 Å². The second kappa shape index (κ2) is 7.34. The van der Waals surface area contributed by atoms with Gasteiger partial charge in [0.15, 0.2) is 0 Å². The van der Waals surface area contributed by atoms with Crippen LogP contribution in [-0.2, 0) is 9.53 Å². The summed E-state index contributed by atoms with van der Waals surface area (Å²) in [4.78, 5) is 11.4. The Kier molecular flexibility index (Phi) is 5.79. The van der Waals surface area contributed by atoms with Gasteiger partial charge >= 0.3 is 5.97 Å². The Morgan fingerprint density at radius 3 is 2.40 bits per heavy atom. The molecule has 0 unspecified atom stereocenters. The fraction of sp³-hybridized carbons (Fsp3) is 0.375. The van der Waals surface area contributed by atoms with Gasteiger partial charge in [-0.15, -0.1) is 0 Å². The molecule has 4 nitrogen and oxygen atoms in total. The molecule has 0 aliphatic heterocycles. The van der Waals surface area contributed by atoms with Crippen LogP contribution in [0.25, 0.3) is 0 Å². The van der Waals surface area contributed by atoms with E-state index in [1.165, 1.54) is 7.11 Å². The molecule has 0 atom stereocenters. The topological polar surface area (TPSA) is 59.3 Å². The highest BCUT2D eigenvalue weighted by Crippen LogP contribution is 2.24. The number of hydrogen-bond acceptors (Lipinski definition) is 4. The third kappa shape index (κ3) is 3.86. The van der Waals surface area contributed by atoms with E-state index in [0.717, 1.165) is 16.9 Å². The van der Waals surface area contributed by atoms with Crippen molar-refractivity contribution in [3.8, 4) is 11.8 Å². The maximum absolute atomic E-state index is 11.4. The molecule has 0 aliphatic carbocycles. The third-order valence-electron chi connectivity index (χ3n) is 2.98. The molecular formula is C16H19NO3. The van der Waals surface area contributed by atoms with Crippen LogP contribution in [0.5, 0.6) is 5.75 Å². The Bertz CT molecular complexity index is 545. The van der Waals surface area contributed by atoms with Gasteiger partial charge < -0.3 is 9.47 Å². The van der Waals surface area contributed by atoms with Crippen LogP contribution >= 0.6 is 0 Å². The van der Waals surface area contributed by atoms with Gasteiger partial charge in [0.2, 0.25) is 0 Å². The molecule has 0 aliphatic rings. The number of aryl methyl sites for hydroxylation is 2. The van der Waals surface area contributed by atoms with Crippen LogP contribution in [0, 0.1) is 25.2 Å². The van der Waals surface area contributed by atoms with Gasteiger partial charge in [-0.2, -0.15) is 5.26 Å². The number of benzene rings is 1. The molecule has 20 heavy (non-hydrogen) atoms. The summed E-state index contributed by atoms with van der Waals surface area (Å²) in [6, 6.07) is 5.68. The van der Waals surface area contributed by atoms with Crippen molar-refractivity contribution in [2.75, 3.05) is 13.7 Å². The van der Waals surface area contributed by atoms with Gasteiger partial charge in [-0.1, -0.05) is 6.92 Å². The van der Waals surface area contributed by atoms with Crippen LogP contribution in [0.15, 0.2) is 23.8 Å². The van der Waals surface area contributed by atoms with Crippen LogP contribution in [0.4, 0.5) is 0 Å². The number of esters is 1. The summed E-state index contributed by atoms with van der Waals surface area (Å²) in [5.74, 6) is 0.421. The Balaban J connectivity index is 2.83. The number of nitriles is 1. The van der Waals surface area contributed by atoms with E-state index in [2.05, 4.69) is 10.8 Å². The van der Waals surface area contributed by atoms with Crippen LogP contribution in [-0.4, -0.2) is 19.7 Å². The molecule has 0 radical (unpaired) electrons. The highest BCUT2D eigenvalue weighted by molar-refractivity contribution is 5.88. The lowest BCUT2D eigenvalue weighted by Crippen LogP contribution is -2.07. The minimum absolute atomic E-state index is 0.297. The van der Waals surface area contributed by atoms with Gasteiger partial charge in [-0.3, -0.25) is 0 Å². The summed E-state index contributed by atoms with van der Waals surface area (Å²) in [6.07, 6.45) is 2.32. The average Bonchev–Trinajstić information content (AvgIpc) is 2.44. The summed E-state index contributed by atoms with van der Waals surface area (Å²) in [7, 11) is 1.36. The minimum atomic E-state index is -0.329. The van der Waals surface area contributed by atoms with E-state index in [9.17, 15) is 4.79 Å². The summed E-state index contributed by atoms with van der Waals surface area (Å²) >= 11 is 0. The molecule has 4 heteroatoms. The van der Waals surface area contributed by atoms with Crippen LogP contribution in [0.3, 0.4) is 0 Å². The van der Waals surface area contributed by atoms with Crippen LogP contribution in [0.2, 0.25) is 0 Å². The predicted molar refractivity (Wildman–Crippen MR) is 76.5 cm³/mol. The molecule has 0 fully saturated rings. The lowest BCUT2D eigenvalue weighted by atomic mass is 10.1. The first-order valence-electron chi connectivity index (χ1n) is 6.45. The smallest absolute Gasteiger partial charge is 0.333 e. The van der Waals surface area contributed by atoms with E-state index >= 15 is 0 Å². The SMILES string of the molecule is CCC(=CCOc1c(C)cc(C#N)cc1C)C(=O)OC. The molecule has 0 N–H and O–H groups in total. The molecular weight excluding hydrogens is 254 g/mol. The second-order valence-electron chi connectivity index (χ2n) is 4.44. The molecule has 106 valence electrons. The Morgan fingerprint density at radius 2 is 1.95 bits per heavy atom. The van der Waals surface area contributed by atoms with Crippen molar-refractivity contribution >= 4 is 5.97 Å². The van der Waals surface area contributed by atoms with Gasteiger partial charge in [-0.25, -0.2) is 4.79 Å². The molecule has 0 amide bonds. The number of methoxy groups -OCH3 is 1. The maximum atomic E-state index is 11.4. The maximum Gasteiger partial charge on any atom is 0.333 e. The zero-order chi connectivity index (χ0) is 15.1. The van der Waals surface area contributed by atoms with Crippen LogP contribution in [0.1, 0.15) is 30.0 Å². The highest BCUT2D eigenvalue weighted by atomic mass is 16.5. The monoisotopic (exact) mass is 273 g/mol. The molecule has 1 aromatic rings. The number of nitrogens with zero attached hydrogens (tertiary/aromatic N) is 1. The summed E-state index contributed by atoms with van der Waals surface area (Å²) in [6.45, 7) is 5.98. The lowest BCUT2D eigenvalue weighted by molar-refractivity contribution is -0.136. The van der Waals surface area contributed by atoms with Crippen molar-refractivity contribution in [3.05, 3.63) is 40.5 Å². The van der Waals surface area contributed by atoms with E-state index in [0.29, 0.717) is 24.2 Å². The fourth-order valence-corrected chi connectivity index (χ4v) is 1.97. The van der Waals surface area contributed by atoms with Gasteiger partial charge in [-0.05, 0) is 49.6 Å². The van der Waals surface area contributed by atoms with Crippen LogP contribution < -0.4 is 4.74 Å². The second-order valence-corrected chi connectivity index (χ2v) is 4.44. The Hall–Kier alpha value is -2.28. The molecule has 0 aromatic heterocycles. The zero-order valence-electron chi connectivity index (χ0n) is 12.3. The molecule has 0 spiro atoms. The first-order valence-corrected chi connectivity index (χ1v) is 6.45. The Morgan fingerprint density at radius 1 is 1.35 bits per heavy atom. The lowest BCUT2D eigenvalue weighted by Gasteiger charge is -2.11. The van der Waals surface area contributed by atoms with E-state index in [4.69, 9.17) is 10.00 Å². The molecule has 1 aromatic carbocycles. The molecule has 0 saturated heterocycles. The normalized spacial score (nSPS) is 10.8. The minimum Gasteiger partial charge on any atom is -0.489 e. The van der Waals surface area contributed by atoms with E-state index < -0.39 is 0 Å².